The number of benzene rings is 1. The Balaban J connectivity index is 2.96. The molecule has 0 spiro atoms. The van der Waals surface area contributed by atoms with E-state index in [-0.39, 0.29) is 13.2 Å². The van der Waals surface area contributed by atoms with Gasteiger partial charge in [0.1, 0.15) is 0 Å². The summed E-state index contributed by atoms with van der Waals surface area (Å²) in [6.07, 6.45) is 0. The molecule has 1 rings (SSSR count). The first-order chi connectivity index (χ1) is 4.88. The lowest BCUT2D eigenvalue weighted by atomic mass is 10.1. The van der Waals surface area contributed by atoms with Gasteiger partial charge in [-0.1, -0.05) is 24.3 Å². The van der Waals surface area contributed by atoms with Crippen molar-refractivity contribution in [1.82, 2.24) is 5.73 Å². The molecular weight excluding hydrogens is 126 g/mol. The molecule has 0 heterocycles. The molecule has 0 amide bonds. The molecule has 0 atom stereocenters. The largest absolute Gasteiger partial charge is 0.392 e. The average molecular weight is 136 g/mol. The van der Waals surface area contributed by atoms with Gasteiger partial charge in [0.05, 0.1) is 6.61 Å². The Kier molecular flexibility index (Phi) is 2.42. The van der Waals surface area contributed by atoms with Crippen LogP contribution in [0.25, 0.3) is 0 Å². The molecule has 0 fully saturated rings. The highest BCUT2D eigenvalue weighted by molar-refractivity contribution is 5.25. The van der Waals surface area contributed by atoms with Gasteiger partial charge in [0.15, 0.2) is 0 Å². The summed E-state index contributed by atoms with van der Waals surface area (Å²) in [6.45, 7) is 0.284. The van der Waals surface area contributed by atoms with Crippen molar-refractivity contribution in [2.45, 2.75) is 13.2 Å². The first-order valence-electron chi connectivity index (χ1n) is 3.20. The molecule has 0 aliphatic rings. The standard InChI is InChI=1S/C8H10NO/c9-5-7-3-1-2-4-8(7)6-10/h1-4,9-10H,5-6H2. The fraction of sp³-hybridized carbons (Fsp3) is 0.250. The fourth-order valence-electron chi connectivity index (χ4n) is 0.884. The topological polar surface area (TPSA) is 44.0 Å². The summed E-state index contributed by atoms with van der Waals surface area (Å²) in [6, 6.07) is 7.44. The smallest absolute Gasteiger partial charge is 0.0685 e. The number of rotatable bonds is 2. The number of nitrogens with one attached hydrogen (secondary N) is 1. The molecule has 0 aromatic heterocycles. The van der Waals surface area contributed by atoms with Gasteiger partial charge in [-0.3, -0.25) is 5.73 Å². The lowest BCUT2D eigenvalue weighted by molar-refractivity contribution is 0.280. The number of aliphatic hydroxyl groups excluding tert-OH is 1. The van der Waals surface area contributed by atoms with Crippen molar-refractivity contribution in [3.8, 4) is 0 Å². The lowest BCUT2D eigenvalue weighted by Crippen LogP contribution is -1.93. The first-order valence-corrected chi connectivity index (χ1v) is 3.20. The molecule has 0 bridgehead atoms. The van der Waals surface area contributed by atoms with Crippen LogP contribution in [0.4, 0.5) is 0 Å². The third-order valence-corrected chi connectivity index (χ3v) is 1.48. The highest BCUT2D eigenvalue weighted by Gasteiger charge is 1.95. The Hall–Kier alpha value is -0.860. The summed E-state index contributed by atoms with van der Waals surface area (Å²) in [5.41, 5.74) is 8.84. The van der Waals surface area contributed by atoms with E-state index >= 15 is 0 Å². The van der Waals surface area contributed by atoms with E-state index in [2.05, 4.69) is 0 Å². The molecule has 0 saturated heterocycles. The highest BCUT2D eigenvalue weighted by atomic mass is 16.3. The Morgan fingerprint density at radius 3 is 2.20 bits per heavy atom. The van der Waals surface area contributed by atoms with E-state index in [0.717, 1.165) is 11.1 Å². The zero-order chi connectivity index (χ0) is 7.40. The molecule has 1 aromatic rings. The van der Waals surface area contributed by atoms with Gasteiger partial charge >= 0.3 is 0 Å². The van der Waals surface area contributed by atoms with Crippen LogP contribution in [0.1, 0.15) is 11.1 Å². The molecule has 0 aliphatic heterocycles. The van der Waals surface area contributed by atoms with Gasteiger partial charge in [-0.25, -0.2) is 0 Å². The van der Waals surface area contributed by atoms with Crippen molar-refractivity contribution >= 4 is 0 Å². The third kappa shape index (κ3) is 1.35. The van der Waals surface area contributed by atoms with Crippen molar-refractivity contribution < 1.29 is 5.11 Å². The second kappa shape index (κ2) is 3.34. The summed E-state index contributed by atoms with van der Waals surface area (Å²) in [5, 5.41) is 8.77. The summed E-state index contributed by atoms with van der Waals surface area (Å²) >= 11 is 0. The molecular formula is C8H10NO. The van der Waals surface area contributed by atoms with Crippen LogP contribution in [0.3, 0.4) is 0 Å². The van der Waals surface area contributed by atoms with E-state index in [4.69, 9.17) is 10.8 Å². The van der Waals surface area contributed by atoms with E-state index in [9.17, 15) is 0 Å². The van der Waals surface area contributed by atoms with Gasteiger partial charge in [0, 0.05) is 6.54 Å². The van der Waals surface area contributed by atoms with Crippen LogP contribution < -0.4 is 5.73 Å². The molecule has 2 heteroatoms. The molecule has 2 nitrogen and oxygen atoms in total. The second-order valence-electron chi connectivity index (χ2n) is 2.10. The van der Waals surface area contributed by atoms with Gasteiger partial charge in [0.2, 0.25) is 0 Å². The summed E-state index contributed by atoms with van der Waals surface area (Å²) in [7, 11) is 0. The maximum atomic E-state index is 8.77. The summed E-state index contributed by atoms with van der Waals surface area (Å²) < 4.78 is 0. The Morgan fingerprint density at radius 1 is 1.20 bits per heavy atom. The van der Waals surface area contributed by atoms with Gasteiger partial charge in [-0.2, -0.15) is 0 Å². The molecule has 0 unspecified atom stereocenters. The molecule has 2 N–H and O–H groups in total. The van der Waals surface area contributed by atoms with Crippen molar-refractivity contribution in [2.75, 3.05) is 0 Å². The minimum atomic E-state index is 0.0368. The van der Waals surface area contributed by atoms with E-state index in [1.807, 2.05) is 24.3 Å². The van der Waals surface area contributed by atoms with Crippen LogP contribution in [0.2, 0.25) is 0 Å². The third-order valence-electron chi connectivity index (χ3n) is 1.48. The van der Waals surface area contributed by atoms with E-state index in [0.29, 0.717) is 0 Å². The van der Waals surface area contributed by atoms with Crippen molar-refractivity contribution in [3.05, 3.63) is 35.4 Å². The van der Waals surface area contributed by atoms with Crippen LogP contribution in [-0.4, -0.2) is 5.11 Å². The number of aliphatic hydroxyl groups is 1. The SMILES string of the molecule is [NH]Cc1ccccc1CO. The predicted octanol–water partition coefficient (Wildman–Crippen LogP) is 0.962. The normalized spacial score (nSPS) is 9.80. The van der Waals surface area contributed by atoms with Gasteiger partial charge in [0.25, 0.3) is 0 Å². The Morgan fingerprint density at radius 2 is 1.80 bits per heavy atom. The maximum absolute atomic E-state index is 8.77. The van der Waals surface area contributed by atoms with Gasteiger partial charge < -0.3 is 5.11 Å². The van der Waals surface area contributed by atoms with Crippen LogP contribution in [0, 0.1) is 0 Å². The summed E-state index contributed by atoms with van der Waals surface area (Å²) in [4.78, 5) is 0. The van der Waals surface area contributed by atoms with E-state index < -0.39 is 0 Å². The molecule has 53 valence electrons. The van der Waals surface area contributed by atoms with Crippen molar-refractivity contribution in [1.29, 1.82) is 0 Å². The molecule has 1 aromatic carbocycles. The van der Waals surface area contributed by atoms with Crippen molar-refractivity contribution in [3.63, 3.8) is 0 Å². The first kappa shape index (κ1) is 7.25. The maximum Gasteiger partial charge on any atom is 0.0685 e. The van der Waals surface area contributed by atoms with Crippen LogP contribution in [-0.2, 0) is 13.2 Å². The lowest BCUT2D eigenvalue weighted by Gasteiger charge is -2.01. The second-order valence-corrected chi connectivity index (χ2v) is 2.10. The van der Waals surface area contributed by atoms with Crippen LogP contribution >= 0.6 is 0 Å². The fourth-order valence-corrected chi connectivity index (χ4v) is 0.884. The minimum absolute atomic E-state index is 0.0368. The van der Waals surface area contributed by atoms with E-state index in [1.165, 1.54) is 0 Å². The van der Waals surface area contributed by atoms with Crippen LogP contribution in [0.15, 0.2) is 24.3 Å². The zero-order valence-corrected chi connectivity index (χ0v) is 5.67. The monoisotopic (exact) mass is 136 g/mol. The van der Waals surface area contributed by atoms with Crippen LogP contribution in [0.5, 0.6) is 0 Å². The number of hydrogen-bond acceptors (Lipinski definition) is 1. The number of hydrogen-bond donors (Lipinski definition) is 1. The molecule has 0 saturated carbocycles. The molecule has 0 aliphatic carbocycles. The average Bonchev–Trinajstić information content (AvgIpc) is 2.04. The Labute approximate surface area is 60.3 Å². The van der Waals surface area contributed by atoms with Crippen molar-refractivity contribution in [2.24, 2.45) is 0 Å². The zero-order valence-electron chi connectivity index (χ0n) is 5.67. The predicted molar refractivity (Wildman–Crippen MR) is 39.2 cm³/mol. The quantitative estimate of drug-likeness (QED) is 0.646. The minimum Gasteiger partial charge on any atom is -0.392 e. The highest BCUT2D eigenvalue weighted by Crippen LogP contribution is 2.06. The summed E-state index contributed by atoms with van der Waals surface area (Å²) in [5.74, 6) is 0. The van der Waals surface area contributed by atoms with Gasteiger partial charge in [-0.05, 0) is 11.1 Å². The van der Waals surface area contributed by atoms with Gasteiger partial charge in [-0.15, -0.1) is 0 Å². The van der Waals surface area contributed by atoms with E-state index in [1.54, 1.807) is 0 Å². The molecule has 10 heavy (non-hydrogen) atoms. The Bertz CT molecular complexity index is 187. The molecule has 1 radical (unpaired) electrons.